The highest BCUT2D eigenvalue weighted by Crippen LogP contribution is 2.63. The zero-order chi connectivity index (χ0) is 37.1. The molecule has 9 aromatic carbocycles. The zero-order valence-corrected chi connectivity index (χ0v) is 30.7. The molecule has 260 valence electrons. The second-order valence-corrected chi connectivity index (χ2v) is 14.7. The van der Waals surface area contributed by atoms with E-state index in [1.165, 1.54) is 66.8 Å². The van der Waals surface area contributed by atoms with E-state index in [1.54, 1.807) is 0 Å². The van der Waals surface area contributed by atoms with Crippen LogP contribution in [-0.4, -0.2) is 0 Å². The van der Waals surface area contributed by atoms with Crippen molar-refractivity contribution in [1.29, 1.82) is 0 Å². The first-order valence-corrected chi connectivity index (χ1v) is 19.3. The van der Waals surface area contributed by atoms with E-state index in [4.69, 9.17) is 0 Å². The van der Waals surface area contributed by atoms with E-state index in [-0.39, 0.29) is 5.41 Å². The monoisotopic (exact) mass is 709 g/mol. The third-order valence-electron chi connectivity index (χ3n) is 11.7. The maximum Gasteiger partial charge on any atom is 0.0973 e. The van der Waals surface area contributed by atoms with Crippen molar-refractivity contribution in [2.24, 2.45) is 0 Å². The lowest BCUT2D eigenvalue weighted by Crippen LogP contribution is -2.25. The number of benzene rings is 8. The first-order valence-electron chi connectivity index (χ1n) is 19.3. The summed E-state index contributed by atoms with van der Waals surface area (Å²) in [4.78, 5) is 2.27. The van der Waals surface area contributed by atoms with Gasteiger partial charge >= 0.3 is 0 Å². The SMILES string of the molecule is c1c(-c2ccc3c(c2)C2(c4ccccc4-c4ccccc42)c2ccccc2-3)ccc(N(c2ccc(-c3ccccc3)cc2)c2ccc(-c3ccccc3)cc2)c#1. The molecule has 0 atom stereocenters. The van der Waals surface area contributed by atoms with Gasteiger partial charge in [-0.1, -0.05) is 176 Å². The van der Waals surface area contributed by atoms with Crippen molar-refractivity contribution in [2.45, 2.75) is 5.41 Å². The van der Waals surface area contributed by atoms with Gasteiger partial charge in [-0.05, 0) is 121 Å². The summed E-state index contributed by atoms with van der Waals surface area (Å²) in [6.07, 6.45) is 0. The van der Waals surface area contributed by atoms with Crippen molar-refractivity contribution in [2.75, 3.05) is 4.90 Å². The van der Waals surface area contributed by atoms with Crippen molar-refractivity contribution in [3.8, 4) is 55.6 Å². The molecule has 0 bridgehead atoms. The Morgan fingerprint density at radius 3 is 1.18 bits per heavy atom. The summed E-state index contributed by atoms with van der Waals surface area (Å²) >= 11 is 0. The highest BCUT2D eigenvalue weighted by atomic mass is 15.1. The Hall–Kier alpha value is -7.40. The fourth-order valence-electron chi connectivity index (χ4n) is 9.23. The molecule has 2 aliphatic carbocycles. The lowest BCUT2D eigenvalue weighted by molar-refractivity contribution is 0.794. The van der Waals surface area contributed by atoms with Crippen molar-refractivity contribution in [3.05, 3.63) is 247 Å². The van der Waals surface area contributed by atoms with Crippen LogP contribution in [0.25, 0.3) is 55.6 Å². The molecule has 0 aromatic heterocycles. The van der Waals surface area contributed by atoms with E-state index in [0.717, 1.165) is 28.2 Å². The Balaban J connectivity index is 1.01. The van der Waals surface area contributed by atoms with Gasteiger partial charge in [0.05, 0.1) is 11.1 Å². The molecule has 0 radical (unpaired) electrons. The van der Waals surface area contributed by atoms with Crippen LogP contribution in [0.1, 0.15) is 22.3 Å². The molecule has 0 N–H and O–H groups in total. The molecule has 0 aliphatic heterocycles. The van der Waals surface area contributed by atoms with Gasteiger partial charge in [0.1, 0.15) is 0 Å². The largest absolute Gasteiger partial charge is 0.303 e. The van der Waals surface area contributed by atoms with E-state index >= 15 is 0 Å². The summed E-state index contributed by atoms with van der Waals surface area (Å²) < 4.78 is 0. The summed E-state index contributed by atoms with van der Waals surface area (Å²) in [5.74, 6) is 0. The summed E-state index contributed by atoms with van der Waals surface area (Å²) in [5, 5.41) is 0. The standard InChI is InChI=1S/C55H35N/c1-3-13-38(14-4-1)40-23-30-44(31-24-40)56(45-32-25-41(26-33-45)39-15-5-2-6-16-39)46-34-27-42(28-35-46)43-29-36-50-49-19-9-12-22-53(49)55(54(50)37-43)51-20-10-7-17-47(51)48-18-8-11-21-52(48)55/h1-27,29-34,36-37H. The maximum atomic E-state index is 3.61. The first-order chi connectivity index (χ1) is 27.8. The molecule has 0 saturated carbocycles. The molecular formula is C55H35N. The molecule has 0 fully saturated rings. The highest BCUT2D eigenvalue weighted by Gasteiger charge is 2.51. The van der Waals surface area contributed by atoms with Gasteiger partial charge in [0.25, 0.3) is 0 Å². The molecule has 1 heteroatoms. The molecule has 1 spiro atoms. The molecule has 11 rings (SSSR count). The second kappa shape index (κ2) is 12.9. The smallest absolute Gasteiger partial charge is 0.0973 e. The van der Waals surface area contributed by atoms with Crippen LogP contribution in [0.3, 0.4) is 0 Å². The molecule has 0 amide bonds. The number of anilines is 3. The number of nitrogens with zero attached hydrogens (tertiary/aromatic N) is 1. The molecule has 9 aromatic rings. The lowest BCUT2D eigenvalue weighted by atomic mass is 9.70. The molecule has 0 heterocycles. The predicted octanol–water partition coefficient (Wildman–Crippen LogP) is 14.1. The van der Waals surface area contributed by atoms with Crippen molar-refractivity contribution >= 4 is 17.1 Å². The lowest BCUT2D eigenvalue weighted by Gasteiger charge is -2.30. The van der Waals surface area contributed by atoms with E-state index in [2.05, 4.69) is 229 Å². The van der Waals surface area contributed by atoms with Gasteiger partial charge in [-0.25, -0.2) is 0 Å². The molecule has 0 saturated heterocycles. The Morgan fingerprint density at radius 1 is 0.304 bits per heavy atom. The highest BCUT2D eigenvalue weighted by molar-refractivity contribution is 5.96. The van der Waals surface area contributed by atoms with Crippen LogP contribution >= 0.6 is 0 Å². The molecular weight excluding hydrogens is 675 g/mol. The molecule has 56 heavy (non-hydrogen) atoms. The summed E-state index contributed by atoms with van der Waals surface area (Å²) in [5.41, 5.74) is 20.2. The van der Waals surface area contributed by atoms with Gasteiger partial charge in [0, 0.05) is 16.9 Å². The molecule has 0 unspecified atom stereocenters. The number of rotatable bonds is 6. The van der Waals surface area contributed by atoms with E-state index in [1.807, 2.05) is 0 Å². The van der Waals surface area contributed by atoms with Crippen LogP contribution in [0.5, 0.6) is 0 Å². The molecule has 1 nitrogen and oxygen atoms in total. The van der Waals surface area contributed by atoms with Crippen LogP contribution in [0, 0.1) is 12.1 Å². The van der Waals surface area contributed by atoms with Crippen molar-refractivity contribution in [3.63, 3.8) is 0 Å². The Kier molecular flexibility index (Phi) is 7.37. The van der Waals surface area contributed by atoms with E-state index in [0.29, 0.717) is 0 Å². The number of hydrogen-bond acceptors (Lipinski definition) is 1. The summed E-state index contributed by atoms with van der Waals surface area (Å²) in [7, 11) is 0. The van der Waals surface area contributed by atoms with Gasteiger partial charge in [-0.15, -0.1) is 0 Å². The van der Waals surface area contributed by atoms with Crippen molar-refractivity contribution < 1.29 is 0 Å². The average molecular weight is 710 g/mol. The van der Waals surface area contributed by atoms with Crippen LogP contribution in [0.15, 0.2) is 212 Å². The maximum absolute atomic E-state index is 3.61. The second-order valence-electron chi connectivity index (χ2n) is 14.7. The van der Waals surface area contributed by atoms with Crippen LogP contribution in [0.2, 0.25) is 0 Å². The Bertz CT molecular complexity index is 2720. The van der Waals surface area contributed by atoms with Gasteiger partial charge in [0.2, 0.25) is 0 Å². The minimum absolute atomic E-state index is 0.382. The topological polar surface area (TPSA) is 3.24 Å². The van der Waals surface area contributed by atoms with Crippen molar-refractivity contribution in [1.82, 2.24) is 0 Å². The first kappa shape index (κ1) is 32.1. The minimum Gasteiger partial charge on any atom is -0.303 e. The van der Waals surface area contributed by atoms with Crippen LogP contribution in [-0.2, 0) is 5.41 Å². The Labute approximate surface area is 328 Å². The Morgan fingerprint density at radius 2 is 0.714 bits per heavy atom. The van der Waals surface area contributed by atoms with Crippen LogP contribution < -0.4 is 4.90 Å². The van der Waals surface area contributed by atoms with E-state index in [9.17, 15) is 0 Å². The van der Waals surface area contributed by atoms with Crippen LogP contribution in [0.4, 0.5) is 17.1 Å². The average Bonchev–Trinajstić information content (AvgIpc) is 3.75. The zero-order valence-electron chi connectivity index (χ0n) is 30.7. The normalized spacial score (nSPS) is 12.6. The van der Waals surface area contributed by atoms with Gasteiger partial charge < -0.3 is 4.90 Å². The minimum atomic E-state index is -0.382. The third-order valence-corrected chi connectivity index (χ3v) is 11.7. The third kappa shape index (κ3) is 4.90. The van der Waals surface area contributed by atoms with E-state index < -0.39 is 0 Å². The van der Waals surface area contributed by atoms with Gasteiger partial charge in [-0.2, -0.15) is 0 Å². The van der Waals surface area contributed by atoms with Gasteiger partial charge in [0.15, 0.2) is 0 Å². The number of fused-ring (bicyclic) bond motifs is 10. The predicted molar refractivity (Wildman–Crippen MR) is 231 cm³/mol. The molecule has 2 aliphatic rings. The van der Waals surface area contributed by atoms with Gasteiger partial charge in [-0.3, -0.25) is 0 Å². The quantitative estimate of drug-likeness (QED) is 0.166. The fraction of sp³-hybridized carbons (Fsp3) is 0.0182. The summed E-state index contributed by atoms with van der Waals surface area (Å²) in [6, 6.07) is 84.1. The number of hydrogen-bond donors (Lipinski definition) is 0. The fourth-order valence-corrected chi connectivity index (χ4v) is 9.23. The summed E-state index contributed by atoms with van der Waals surface area (Å²) in [6.45, 7) is 0.